The quantitative estimate of drug-likeness (QED) is 0.939. The van der Waals surface area contributed by atoms with Crippen LogP contribution in [-0.4, -0.2) is 9.78 Å². The first-order valence-corrected chi connectivity index (χ1v) is 6.04. The third-order valence-electron chi connectivity index (χ3n) is 2.60. The van der Waals surface area contributed by atoms with Crippen molar-refractivity contribution in [1.82, 2.24) is 9.78 Å². The highest BCUT2D eigenvalue weighted by Gasteiger charge is 2.12. The topological polar surface area (TPSA) is 43.8 Å². The van der Waals surface area contributed by atoms with Crippen LogP contribution in [0.3, 0.4) is 0 Å². The second kappa shape index (κ2) is 4.80. The average molecular weight is 280 g/mol. The summed E-state index contributed by atoms with van der Waals surface area (Å²) in [4.78, 5) is 0. The van der Waals surface area contributed by atoms with Gasteiger partial charge in [0.1, 0.15) is 0 Å². The van der Waals surface area contributed by atoms with Gasteiger partial charge < -0.3 is 5.73 Å². The van der Waals surface area contributed by atoms with Crippen LogP contribution in [0.1, 0.15) is 24.2 Å². The molecule has 2 aromatic rings. The van der Waals surface area contributed by atoms with Gasteiger partial charge in [-0.3, -0.25) is 4.68 Å². The summed E-state index contributed by atoms with van der Waals surface area (Å²) in [5.74, 6) is 0. The molecule has 3 nitrogen and oxygen atoms in total. The molecule has 0 radical (unpaired) electrons. The number of rotatable bonds is 3. The largest absolute Gasteiger partial charge is 0.319 e. The number of hydrogen-bond acceptors (Lipinski definition) is 2. The molecular formula is C12H14BrN3. The Morgan fingerprint density at radius 2 is 2.00 bits per heavy atom. The Hall–Kier alpha value is -1.13. The summed E-state index contributed by atoms with van der Waals surface area (Å²) >= 11 is 3.41. The number of aromatic nitrogens is 2. The zero-order valence-corrected chi connectivity index (χ0v) is 10.7. The molecule has 0 spiro atoms. The molecule has 2 rings (SSSR count). The summed E-state index contributed by atoms with van der Waals surface area (Å²) in [6, 6.07) is 9.92. The highest BCUT2D eigenvalue weighted by molar-refractivity contribution is 9.10. The van der Waals surface area contributed by atoms with E-state index in [1.807, 2.05) is 35.0 Å². The fourth-order valence-corrected chi connectivity index (χ4v) is 1.98. The molecule has 1 atom stereocenters. The van der Waals surface area contributed by atoms with Crippen molar-refractivity contribution in [1.29, 1.82) is 0 Å². The monoisotopic (exact) mass is 279 g/mol. The summed E-state index contributed by atoms with van der Waals surface area (Å²) in [6.07, 6.45) is 1.79. The van der Waals surface area contributed by atoms with Crippen LogP contribution in [0.2, 0.25) is 0 Å². The fraction of sp³-hybridized carbons (Fsp3) is 0.250. The molecule has 1 unspecified atom stereocenters. The highest BCUT2D eigenvalue weighted by atomic mass is 79.9. The molecule has 0 aliphatic carbocycles. The predicted octanol–water partition coefficient (Wildman–Crippen LogP) is 2.71. The molecule has 0 bridgehead atoms. The van der Waals surface area contributed by atoms with Crippen LogP contribution in [0.4, 0.5) is 0 Å². The second-order valence-corrected chi connectivity index (χ2v) is 4.52. The fourth-order valence-electron chi connectivity index (χ4n) is 1.71. The first-order chi connectivity index (χ1) is 7.72. The number of nitrogens with zero attached hydrogens (tertiary/aromatic N) is 2. The van der Waals surface area contributed by atoms with Gasteiger partial charge in [0.05, 0.1) is 11.7 Å². The van der Waals surface area contributed by atoms with Crippen LogP contribution in [0.15, 0.2) is 41.0 Å². The Balaban J connectivity index is 2.31. The molecule has 0 saturated carbocycles. The Bertz CT molecular complexity index is 461. The molecule has 0 saturated heterocycles. The third kappa shape index (κ3) is 2.18. The Morgan fingerprint density at radius 3 is 2.62 bits per heavy atom. The second-order valence-electron chi connectivity index (χ2n) is 3.60. The van der Waals surface area contributed by atoms with Gasteiger partial charge in [0.2, 0.25) is 0 Å². The molecule has 4 heteroatoms. The van der Waals surface area contributed by atoms with E-state index < -0.39 is 0 Å². The van der Waals surface area contributed by atoms with E-state index in [0.717, 1.165) is 22.3 Å². The van der Waals surface area contributed by atoms with Crippen LogP contribution < -0.4 is 5.73 Å². The van der Waals surface area contributed by atoms with Crippen LogP contribution in [0, 0.1) is 0 Å². The van der Waals surface area contributed by atoms with Crippen molar-refractivity contribution in [3.8, 4) is 0 Å². The van der Waals surface area contributed by atoms with Gasteiger partial charge in [-0.2, -0.15) is 5.10 Å². The van der Waals surface area contributed by atoms with Crippen molar-refractivity contribution in [2.75, 3.05) is 0 Å². The summed E-state index contributed by atoms with van der Waals surface area (Å²) in [6.45, 7) is 2.90. The Labute approximate surface area is 103 Å². The molecule has 0 amide bonds. The van der Waals surface area contributed by atoms with Gasteiger partial charge in [-0.1, -0.05) is 28.1 Å². The molecule has 1 aromatic carbocycles. The van der Waals surface area contributed by atoms with Gasteiger partial charge in [0.15, 0.2) is 0 Å². The molecule has 0 aliphatic heterocycles. The minimum absolute atomic E-state index is 0.115. The lowest BCUT2D eigenvalue weighted by atomic mass is 10.1. The van der Waals surface area contributed by atoms with Gasteiger partial charge in [0, 0.05) is 17.2 Å². The van der Waals surface area contributed by atoms with Gasteiger partial charge in [-0.05, 0) is 30.7 Å². The number of benzene rings is 1. The normalized spacial score (nSPS) is 12.7. The first kappa shape index (κ1) is 11.4. The van der Waals surface area contributed by atoms with E-state index in [0.29, 0.717) is 0 Å². The van der Waals surface area contributed by atoms with Gasteiger partial charge in [0.25, 0.3) is 0 Å². The number of nitrogens with two attached hydrogens (primary N) is 1. The smallest absolute Gasteiger partial charge is 0.0723 e. The van der Waals surface area contributed by atoms with Gasteiger partial charge in [-0.15, -0.1) is 0 Å². The third-order valence-corrected chi connectivity index (χ3v) is 3.13. The van der Waals surface area contributed by atoms with E-state index in [-0.39, 0.29) is 6.04 Å². The maximum atomic E-state index is 6.21. The molecule has 84 valence electrons. The van der Waals surface area contributed by atoms with E-state index >= 15 is 0 Å². The van der Waals surface area contributed by atoms with Crippen molar-refractivity contribution in [2.45, 2.75) is 19.5 Å². The van der Waals surface area contributed by atoms with Crippen molar-refractivity contribution >= 4 is 15.9 Å². The standard InChI is InChI=1S/C12H14BrN3/c1-2-16-11(7-8-15-16)12(14)9-3-5-10(13)6-4-9/h3-8,12H,2,14H2,1H3. The van der Waals surface area contributed by atoms with Gasteiger partial charge >= 0.3 is 0 Å². The molecule has 2 N–H and O–H groups in total. The maximum absolute atomic E-state index is 6.21. The van der Waals surface area contributed by atoms with Crippen molar-refractivity contribution in [3.05, 3.63) is 52.3 Å². The zero-order valence-electron chi connectivity index (χ0n) is 9.10. The van der Waals surface area contributed by atoms with Crippen molar-refractivity contribution in [3.63, 3.8) is 0 Å². The van der Waals surface area contributed by atoms with Crippen LogP contribution in [0.5, 0.6) is 0 Å². The Kier molecular flexibility index (Phi) is 3.41. The average Bonchev–Trinajstić information content (AvgIpc) is 2.77. The lowest BCUT2D eigenvalue weighted by Gasteiger charge is -2.13. The van der Waals surface area contributed by atoms with E-state index in [4.69, 9.17) is 5.73 Å². The molecule has 0 fully saturated rings. The molecule has 0 aliphatic rings. The Morgan fingerprint density at radius 1 is 1.31 bits per heavy atom. The van der Waals surface area contributed by atoms with E-state index in [1.165, 1.54) is 0 Å². The van der Waals surface area contributed by atoms with E-state index in [1.54, 1.807) is 6.20 Å². The number of aryl methyl sites for hydroxylation is 1. The summed E-state index contributed by atoms with van der Waals surface area (Å²) in [5, 5.41) is 4.23. The van der Waals surface area contributed by atoms with Crippen molar-refractivity contribution < 1.29 is 0 Å². The first-order valence-electron chi connectivity index (χ1n) is 5.25. The molecule has 16 heavy (non-hydrogen) atoms. The number of hydrogen-bond donors (Lipinski definition) is 1. The lowest BCUT2D eigenvalue weighted by Crippen LogP contribution is -2.17. The summed E-state index contributed by atoms with van der Waals surface area (Å²) in [5.41, 5.74) is 8.35. The summed E-state index contributed by atoms with van der Waals surface area (Å²) < 4.78 is 2.99. The minimum Gasteiger partial charge on any atom is -0.319 e. The van der Waals surface area contributed by atoms with Crippen LogP contribution >= 0.6 is 15.9 Å². The lowest BCUT2D eigenvalue weighted by molar-refractivity contribution is 0.601. The van der Waals surface area contributed by atoms with Crippen molar-refractivity contribution in [2.24, 2.45) is 5.73 Å². The van der Waals surface area contributed by atoms with E-state index in [2.05, 4.69) is 28.0 Å². The predicted molar refractivity (Wildman–Crippen MR) is 68.1 cm³/mol. The van der Waals surface area contributed by atoms with Crippen LogP contribution in [-0.2, 0) is 6.54 Å². The summed E-state index contributed by atoms with van der Waals surface area (Å²) in [7, 11) is 0. The number of halogens is 1. The van der Waals surface area contributed by atoms with Crippen LogP contribution in [0.25, 0.3) is 0 Å². The molecular weight excluding hydrogens is 266 g/mol. The van der Waals surface area contributed by atoms with Gasteiger partial charge in [-0.25, -0.2) is 0 Å². The minimum atomic E-state index is -0.115. The highest BCUT2D eigenvalue weighted by Crippen LogP contribution is 2.21. The van der Waals surface area contributed by atoms with E-state index in [9.17, 15) is 0 Å². The maximum Gasteiger partial charge on any atom is 0.0723 e. The zero-order chi connectivity index (χ0) is 11.5. The molecule has 1 aromatic heterocycles. The molecule has 1 heterocycles. The SMILES string of the molecule is CCn1nccc1C(N)c1ccc(Br)cc1.